The monoisotopic (exact) mass is 203 g/mol. The first-order valence-corrected chi connectivity index (χ1v) is 4.33. The van der Waals surface area contributed by atoms with Crippen molar-refractivity contribution in [3.8, 4) is 11.1 Å². The predicted molar refractivity (Wildman–Crippen MR) is 44.2 cm³/mol. The third-order valence-corrected chi connectivity index (χ3v) is 1.50. The van der Waals surface area contributed by atoms with E-state index in [1.54, 1.807) is 12.1 Å². The van der Waals surface area contributed by atoms with Crippen LogP contribution in [-0.4, -0.2) is 23.5 Å². The molecule has 0 fully saturated rings. The van der Waals surface area contributed by atoms with Crippen LogP contribution in [0.1, 0.15) is 11.9 Å². The van der Waals surface area contributed by atoms with Crippen LogP contribution in [0.2, 0.25) is 0 Å². The minimum Gasteiger partial charge on any atom is -0.750 e. The van der Waals surface area contributed by atoms with Gasteiger partial charge in [-0.15, -0.1) is 0 Å². The highest BCUT2D eigenvalue weighted by Crippen LogP contribution is 2.37. The summed E-state index contributed by atoms with van der Waals surface area (Å²) in [6.45, 7) is 0. The smallest absolute Gasteiger partial charge is 0.178 e. The fraction of sp³-hybridized carbons (Fsp3) is 0.143. The first-order chi connectivity index (χ1) is 6.00. The lowest BCUT2D eigenvalue weighted by Crippen LogP contribution is -1.90. The minimum absolute atomic E-state index is 0.600. The molecule has 6 heteroatoms. The van der Waals surface area contributed by atoms with E-state index in [9.17, 15) is 0 Å². The molecule has 0 bridgehead atoms. The van der Waals surface area contributed by atoms with Crippen molar-refractivity contribution in [1.82, 2.24) is 0 Å². The van der Waals surface area contributed by atoms with Crippen LogP contribution in [0.15, 0.2) is 18.2 Å². The van der Waals surface area contributed by atoms with E-state index < -0.39 is 17.7 Å². The summed E-state index contributed by atoms with van der Waals surface area (Å²) in [5.41, 5.74) is 2.87. The van der Waals surface area contributed by atoms with Gasteiger partial charge in [-0.3, -0.25) is 0 Å². The molecular formula is C7H7O5S-. The summed E-state index contributed by atoms with van der Waals surface area (Å²) in [6.07, 6.45) is -1.30. The van der Waals surface area contributed by atoms with E-state index in [0.29, 0.717) is 5.56 Å². The van der Waals surface area contributed by atoms with Crippen LogP contribution in [-0.2, 0) is 11.4 Å². The van der Waals surface area contributed by atoms with E-state index in [4.69, 9.17) is 23.5 Å². The Balaban J connectivity index is 0.000000184. The molecule has 13 heavy (non-hydrogen) atoms. The fourth-order valence-electron chi connectivity index (χ4n) is 0.931. The molecule has 0 aromatic rings. The fourth-order valence-corrected chi connectivity index (χ4v) is 0.931. The molecule has 1 unspecified atom stereocenters. The Kier molecular flexibility index (Phi) is 3.12. The van der Waals surface area contributed by atoms with Crippen molar-refractivity contribution >= 4 is 11.4 Å². The average Bonchev–Trinajstić information content (AvgIpc) is 2.57. The Bertz CT molecular complexity index is 311. The van der Waals surface area contributed by atoms with Gasteiger partial charge in [0.15, 0.2) is 6.29 Å². The molecule has 0 radical (unpaired) electrons. The quantitative estimate of drug-likeness (QED) is 0.447. The van der Waals surface area contributed by atoms with E-state index in [1.807, 2.05) is 6.07 Å². The number of aliphatic hydroxyl groups excluding tert-OH is 1. The molecule has 0 spiro atoms. The van der Waals surface area contributed by atoms with Crippen molar-refractivity contribution in [2.75, 3.05) is 0 Å². The van der Waals surface area contributed by atoms with Crippen LogP contribution in [0.3, 0.4) is 0 Å². The van der Waals surface area contributed by atoms with Gasteiger partial charge in [0.1, 0.15) is 0 Å². The third-order valence-electron chi connectivity index (χ3n) is 1.50. The Hall–Kier alpha value is -0.790. The molecule has 0 heterocycles. The molecule has 5 nitrogen and oxygen atoms in total. The van der Waals surface area contributed by atoms with Gasteiger partial charge in [-0.25, -0.2) is 4.21 Å². The van der Waals surface area contributed by atoms with E-state index in [0.717, 1.165) is 11.1 Å². The first kappa shape index (κ1) is 10.3. The molecule has 72 valence electrons. The lowest BCUT2D eigenvalue weighted by atomic mass is 10.3. The summed E-state index contributed by atoms with van der Waals surface area (Å²) < 4.78 is 24.1. The third kappa shape index (κ3) is 3.21. The maximum Gasteiger partial charge on any atom is 0.178 e. The lowest BCUT2D eigenvalue weighted by molar-refractivity contribution is -0.0422. The maximum atomic E-state index is 8.61. The van der Waals surface area contributed by atoms with Gasteiger partial charge in [0.05, 0.1) is 11.4 Å². The number of aliphatic hydroxyl groups is 2. The molecule has 0 saturated carbocycles. The molecular weight excluding hydrogens is 196 g/mol. The van der Waals surface area contributed by atoms with E-state index in [2.05, 4.69) is 0 Å². The zero-order valence-electron chi connectivity index (χ0n) is 6.38. The number of benzene rings is 1. The maximum absolute atomic E-state index is 8.61. The molecule has 2 aliphatic carbocycles. The molecule has 0 aromatic carbocycles. The van der Waals surface area contributed by atoms with Crippen LogP contribution in [0.5, 0.6) is 0 Å². The van der Waals surface area contributed by atoms with Crippen molar-refractivity contribution in [3.05, 3.63) is 23.8 Å². The number of rotatable bonds is 1. The standard InChI is InChI=1S/C7H6O2.H2O3S/c8-7(9)6-2-4-1-5(4)3-6;1-4(2)3/h1-3,7-9H;(H2,1,2,3)/p-1. The summed E-state index contributed by atoms with van der Waals surface area (Å²) >= 11 is -2.86. The summed E-state index contributed by atoms with van der Waals surface area (Å²) in [4.78, 5) is 0. The van der Waals surface area contributed by atoms with Gasteiger partial charge in [-0.1, -0.05) is 0 Å². The van der Waals surface area contributed by atoms with Gasteiger partial charge in [0.25, 0.3) is 0 Å². The van der Waals surface area contributed by atoms with Crippen LogP contribution < -0.4 is 0 Å². The van der Waals surface area contributed by atoms with Crippen molar-refractivity contribution in [2.24, 2.45) is 0 Å². The molecule has 2 aliphatic rings. The largest absolute Gasteiger partial charge is 0.750 e. The minimum atomic E-state index is -2.86. The van der Waals surface area contributed by atoms with Crippen LogP contribution in [0.4, 0.5) is 0 Å². The molecule has 0 saturated heterocycles. The second kappa shape index (κ2) is 3.95. The van der Waals surface area contributed by atoms with Gasteiger partial charge >= 0.3 is 0 Å². The van der Waals surface area contributed by atoms with E-state index >= 15 is 0 Å². The van der Waals surface area contributed by atoms with Gasteiger partial charge in [-0.2, -0.15) is 0 Å². The first-order valence-electron chi connectivity index (χ1n) is 3.30. The van der Waals surface area contributed by atoms with Crippen molar-refractivity contribution in [2.45, 2.75) is 6.29 Å². The Morgan fingerprint density at radius 1 is 1.23 bits per heavy atom. The molecule has 1 atom stereocenters. The molecule has 0 aliphatic heterocycles. The number of hydrogen-bond donors (Lipinski definition) is 3. The average molecular weight is 203 g/mol. The predicted octanol–water partition coefficient (Wildman–Crippen LogP) is -0.0113. The summed E-state index contributed by atoms with van der Waals surface area (Å²) in [6, 6.07) is 5.55. The zero-order valence-corrected chi connectivity index (χ0v) is 7.19. The highest BCUT2D eigenvalue weighted by atomic mass is 32.2. The Morgan fingerprint density at radius 3 is 1.85 bits per heavy atom. The molecule has 0 aromatic heterocycles. The van der Waals surface area contributed by atoms with E-state index in [1.165, 1.54) is 0 Å². The van der Waals surface area contributed by atoms with Gasteiger partial charge in [0, 0.05) is 5.56 Å². The second-order valence-electron chi connectivity index (χ2n) is 2.43. The van der Waals surface area contributed by atoms with Crippen LogP contribution >= 0.6 is 0 Å². The van der Waals surface area contributed by atoms with Crippen LogP contribution in [0.25, 0.3) is 11.1 Å². The van der Waals surface area contributed by atoms with Crippen molar-refractivity contribution in [1.29, 1.82) is 0 Å². The lowest BCUT2D eigenvalue weighted by Gasteiger charge is -1.96. The topological polar surface area (TPSA) is 101 Å². The van der Waals surface area contributed by atoms with Gasteiger partial charge in [0.2, 0.25) is 0 Å². The zero-order chi connectivity index (χ0) is 10.0. The Labute approximate surface area is 76.8 Å². The highest BCUT2D eigenvalue weighted by molar-refractivity contribution is 7.73. The Morgan fingerprint density at radius 2 is 1.62 bits per heavy atom. The number of fused-ring (bicyclic) bond motifs is 1. The van der Waals surface area contributed by atoms with Gasteiger partial charge in [-0.05, 0) is 29.3 Å². The summed E-state index contributed by atoms with van der Waals surface area (Å²) in [7, 11) is 0. The highest BCUT2D eigenvalue weighted by Gasteiger charge is 2.16. The van der Waals surface area contributed by atoms with Crippen molar-refractivity contribution < 1.29 is 23.5 Å². The SMILES string of the molecule is O=S([O-])O.OC(O)c1cc2cc-2c1. The van der Waals surface area contributed by atoms with Crippen molar-refractivity contribution in [3.63, 3.8) is 0 Å². The second-order valence-corrected chi connectivity index (χ2v) is 2.87. The normalized spacial score (nSPS) is 13.3. The van der Waals surface area contributed by atoms with Gasteiger partial charge < -0.3 is 19.3 Å². The molecule has 2 rings (SSSR count). The van der Waals surface area contributed by atoms with Crippen LogP contribution in [0, 0.1) is 0 Å². The number of hydrogen-bond acceptors (Lipinski definition) is 4. The molecule has 0 amide bonds. The summed E-state index contributed by atoms with van der Waals surface area (Å²) in [5.74, 6) is 0. The van der Waals surface area contributed by atoms with E-state index in [-0.39, 0.29) is 0 Å². The molecule has 3 N–H and O–H groups in total. The summed E-state index contributed by atoms with van der Waals surface area (Å²) in [5, 5.41) is 17.2.